The summed E-state index contributed by atoms with van der Waals surface area (Å²) in [5.41, 5.74) is -8.28. The summed E-state index contributed by atoms with van der Waals surface area (Å²) < 4.78 is 266. The Morgan fingerprint density at radius 2 is 1.09 bits per heavy atom. The van der Waals surface area contributed by atoms with Crippen molar-refractivity contribution in [2.75, 3.05) is 4.90 Å². The Hall–Kier alpha value is -6.12. The lowest BCUT2D eigenvalue weighted by Gasteiger charge is -2.27. The van der Waals surface area contributed by atoms with E-state index in [4.69, 9.17) is 33.2 Å². The van der Waals surface area contributed by atoms with Crippen LogP contribution in [0.15, 0.2) is 180 Å². The van der Waals surface area contributed by atoms with Gasteiger partial charge in [-0.2, -0.15) is 0 Å². The fraction of sp³-hybridized carbons (Fsp3) is 0. The standard InChI is InChI=1S/C44H29NO/c1-3-13-30(14-4-1)34-19-11-20-35(27-34)45(36-26-25-31-15-7-8-18-33(31)28-36)41-23-12-24-42-43(41)40-29-39(32-16-5-2-6-17-32)37-21-9-10-22-38(37)44(40)46-42/h1-29H/i1D,2D,3D,4D,5D,6D,7D,8D,9D,10D,11D,12D,13D,14D,15D,16D,17D,18D,19D,20D,21D,22D,23D,24D,25D,26D,27D,28D,29D. The van der Waals surface area contributed by atoms with Gasteiger partial charge in [0.15, 0.2) is 0 Å². The molecule has 46 heavy (non-hydrogen) atoms. The third-order valence-electron chi connectivity index (χ3n) is 6.94. The van der Waals surface area contributed by atoms with Crippen molar-refractivity contribution >= 4 is 60.5 Å². The van der Waals surface area contributed by atoms with Gasteiger partial charge in [0.25, 0.3) is 0 Å². The Bertz CT molecular complexity index is 4130. The molecular formula is C44H29NO. The number of hydrogen-bond acceptors (Lipinski definition) is 2. The average Bonchev–Trinajstić information content (AvgIpc) is 3.79. The van der Waals surface area contributed by atoms with Gasteiger partial charge in [-0.1, -0.05) is 133 Å². The maximum atomic E-state index is 9.95. The molecule has 0 amide bonds. The number of fused-ring (bicyclic) bond motifs is 6. The van der Waals surface area contributed by atoms with E-state index in [1.54, 1.807) is 0 Å². The SMILES string of the molecule is [2H]c1c([2H])c([2H])c(-c2c([2H])c([2H])c([2H])c(N(c3c([2H])c([2H])c4c([2H])c([2H])c([2H])c([2H])c4c3[2H])c3c([2H])c([2H])c([2H])c4oc5c6c([2H])c([2H])c([2H])c([2H])c6c(-c6c([2H])c([2H])c([2H])c([2H])c6[2H])c([2H])c5c34)c2[2H])c([2H])c1[2H]. The molecule has 2 nitrogen and oxygen atoms in total. The van der Waals surface area contributed by atoms with E-state index in [0.29, 0.717) is 4.90 Å². The molecule has 0 atom stereocenters. The lowest BCUT2D eigenvalue weighted by atomic mass is 9.95. The fourth-order valence-electron chi connectivity index (χ4n) is 5.00. The van der Waals surface area contributed by atoms with Gasteiger partial charge in [-0.15, -0.1) is 0 Å². The zero-order valence-electron chi connectivity index (χ0n) is 51.9. The summed E-state index contributed by atoms with van der Waals surface area (Å²) in [6.45, 7) is 0. The van der Waals surface area contributed by atoms with Gasteiger partial charge in [0.05, 0.1) is 50.8 Å². The van der Waals surface area contributed by atoms with Crippen LogP contribution < -0.4 is 4.90 Å². The molecule has 9 rings (SSSR count). The molecule has 0 saturated heterocycles. The van der Waals surface area contributed by atoms with Crippen molar-refractivity contribution < 1.29 is 44.2 Å². The predicted molar refractivity (Wildman–Crippen MR) is 194 cm³/mol. The van der Waals surface area contributed by atoms with Crippen molar-refractivity contribution in [1.29, 1.82) is 0 Å². The molecule has 8 aromatic carbocycles. The number of benzene rings is 8. The lowest BCUT2D eigenvalue weighted by molar-refractivity contribution is 0.672. The van der Waals surface area contributed by atoms with E-state index in [-0.39, 0.29) is 0 Å². The third kappa shape index (κ3) is 4.35. The Balaban J connectivity index is 1.65. The summed E-state index contributed by atoms with van der Waals surface area (Å²) in [7, 11) is 0. The van der Waals surface area contributed by atoms with Crippen LogP contribution in [0.4, 0.5) is 17.1 Å². The van der Waals surface area contributed by atoms with Gasteiger partial charge in [0.1, 0.15) is 11.2 Å². The first-order valence-electron chi connectivity index (χ1n) is 27.8. The molecule has 0 fully saturated rings. The maximum Gasteiger partial charge on any atom is 0.143 e. The molecular weight excluding hydrogens is 558 g/mol. The number of furan rings is 1. The van der Waals surface area contributed by atoms with Gasteiger partial charge >= 0.3 is 0 Å². The Kier molecular flexibility index (Phi) is 2.39. The highest BCUT2D eigenvalue weighted by molar-refractivity contribution is 6.22. The van der Waals surface area contributed by atoms with Crippen LogP contribution in [-0.4, -0.2) is 0 Å². The number of rotatable bonds is 5. The molecule has 0 bridgehead atoms. The second-order valence-corrected chi connectivity index (χ2v) is 9.52. The second-order valence-electron chi connectivity index (χ2n) is 9.52. The zero-order valence-corrected chi connectivity index (χ0v) is 22.9. The molecule has 0 N–H and O–H groups in total. The quantitative estimate of drug-likeness (QED) is 0.191. The monoisotopic (exact) mass is 616 g/mol. The second kappa shape index (κ2) is 10.8. The van der Waals surface area contributed by atoms with Crippen LogP contribution in [0.25, 0.3) is 65.7 Å². The lowest BCUT2D eigenvalue weighted by Crippen LogP contribution is -2.10. The molecule has 0 saturated carbocycles. The number of hydrogen-bond donors (Lipinski definition) is 0. The minimum Gasteiger partial charge on any atom is -0.455 e. The molecule has 216 valence electrons. The van der Waals surface area contributed by atoms with Crippen molar-refractivity contribution in [2.45, 2.75) is 0 Å². The Morgan fingerprint density at radius 1 is 0.435 bits per heavy atom. The minimum atomic E-state index is -1.23. The average molecular weight is 617 g/mol. The van der Waals surface area contributed by atoms with Crippen LogP contribution in [0.2, 0.25) is 0 Å². The molecule has 1 heterocycles. The molecule has 2 heteroatoms. The van der Waals surface area contributed by atoms with Crippen LogP contribution in [0.5, 0.6) is 0 Å². The highest BCUT2D eigenvalue weighted by Crippen LogP contribution is 2.46. The summed E-state index contributed by atoms with van der Waals surface area (Å²) >= 11 is 0. The molecule has 0 aliphatic heterocycles. The van der Waals surface area contributed by atoms with Gasteiger partial charge in [0, 0.05) is 22.1 Å². The minimum absolute atomic E-state index is 0.426. The van der Waals surface area contributed by atoms with Crippen molar-refractivity contribution in [3.8, 4) is 22.3 Å². The van der Waals surface area contributed by atoms with E-state index in [1.807, 2.05) is 0 Å². The summed E-state index contributed by atoms with van der Waals surface area (Å²) in [5.74, 6) is 0. The molecule has 0 spiro atoms. The summed E-state index contributed by atoms with van der Waals surface area (Å²) in [6, 6.07) is -29.6. The molecule has 0 unspecified atom stereocenters. The highest BCUT2D eigenvalue weighted by atomic mass is 16.3. The van der Waals surface area contributed by atoms with Gasteiger partial charge < -0.3 is 9.32 Å². The normalized spacial score (nSPS) is 20.3. The van der Waals surface area contributed by atoms with E-state index in [0.717, 1.165) is 0 Å². The van der Waals surface area contributed by atoms with Crippen LogP contribution >= 0.6 is 0 Å². The summed E-state index contributed by atoms with van der Waals surface area (Å²) in [5, 5.41) is -4.35. The molecule has 0 aliphatic carbocycles. The molecule has 1 aromatic heterocycles. The van der Waals surface area contributed by atoms with E-state index >= 15 is 0 Å². The van der Waals surface area contributed by atoms with Gasteiger partial charge in [0.2, 0.25) is 0 Å². The summed E-state index contributed by atoms with van der Waals surface area (Å²) in [4.78, 5) is 0.426. The predicted octanol–water partition coefficient (Wildman–Crippen LogP) is 12.7. The van der Waals surface area contributed by atoms with Gasteiger partial charge in [-0.3, -0.25) is 0 Å². The first-order chi connectivity index (χ1) is 34.9. The van der Waals surface area contributed by atoms with Gasteiger partial charge in [-0.25, -0.2) is 0 Å². The van der Waals surface area contributed by atoms with Crippen LogP contribution in [-0.2, 0) is 0 Å². The summed E-state index contributed by atoms with van der Waals surface area (Å²) in [6.07, 6.45) is 0. The van der Waals surface area contributed by atoms with Crippen molar-refractivity contribution in [1.82, 2.24) is 0 Å². The molecule has 0 aliphatic rings. The van der Waals surface area contributed by atoms with E-state index in [1.165, 1.54) is 0 Å². The Morgan fingerprint density at radius 3 is 1.91 bits per heavy atom. The van der Waals surface area contributed by atoms with E-state index in [9.17, 15) is 11.0 Å². The van der Waals surface area contributed by atoms with Crippen LogP contribution in [0, 0.1) is 0 Å². The van der Waals surface area contributed by atoms with Crippen molar-refractivity contribution in [3.63, 3.8) is 0 Å². The number of anilines is 3. The Labute approximate surface area is 308 Å². The largest absolute Gasteiger partial charge is 0.455 e. The first kappa shape index (κ1) is 10.2. The highest BCUT2D eigenvalue weighted by Gasteiger charge is 2.22. The van der Waals surface area contributed by atoms with Gasteiger partial charge in [-0.05, 0) is 80.7 Å². The fourth-order valence-corrected chi connectivity index (χ4v) is 5.00. The molecule has 0 radical (unpaired) electrons. The topological polar surface area (TPSA) is 16.4 Å². The molecule has 9 aromatic rings. The maximum absolute atomic E-state index is 9.95. The van der Waals surface area contributed by atoms with E-state index in [2.05, 4.69) is 0 Å². The third-order valence-corrected chi connectivity index (χ3v) is 6.94. The number of nitrogens with zero attached hydrogens (tertiary/aromatic N) is 1. The van der Waals surface area contributed by atoms with E-state index < -0.39 is 258 Å². The smallest absolute Gasteiger partial charge is 0.143 e. The van der Waals surface area contributed by atoms with Crippen LogP contribution in [0.1, 0.15) is 39.8 Å². The van der Waals surface area contributed by atoms with Crippen LogP contribution in [0.3, 0.4) is 0 Å². The first-order valence-corrected chi connectivity index (χ1v) is 13.3. The van der Waals surface area contributed by atoms with Crippen molar-refractivity contribution in [3.05, 3.63) is 175 Å². The zero-order chi connectivity index (χ0) is 55.7. The van der Waals surface area contributed by atoms with Crippen molar-refractivity contribution in [2.24, 2.45) is 0 Å².